The lowest BCUT2D eigenvalue weighted by atomic mass is 10.1. The van der Waals surface area contributed by atoms with Gasteiger partial charge in [-0.2, -0.15) is 0 Å². The van der Waals surface area contributed by atoms with Gasteiger partial charge in [-0.05, 0) is 23.6 Å². The first-order valence-electron chi connectivity index (χ1n) is 7.14. The Kier molecular flexibility index (Phi) is 5.57. The molecule has 0 aliphatic rings. The second-order valence-corrected chi connectivity index (χ2v) is 6.38. The van der Waals surface area contributed by atoms with Crippen LogP contribution in [-0.4, -0.2) is 10.7 Å². The van der Waals surface area contributed by atoms with Crippen LogP contribution >= 0.6 is 15.9 Å². The second-order valence-electron chi connectivity index (χ2n) is 5.39. The maximum atomic E-state index is 12.8. The van der Waals surface area contributed by atoms with Gasteiger partial charge in [0.05, 0.1) is 11.4 Å². The van der Waals surface area contributed by atoms with Crippen molar-refractivity contribution in [3.05, 3.63) is 66.2 Å². The van der Waals surface area contributed by atoms with Crippen molar-refractivity contribution in [1.82, 2.24) is 0 Å². The lowest BCUT2D eigenvalue weighted by Crippen LogP contribution is -2.38. The zero-order chi connectivity index (χ0) is 15.2. The number of carbonyl (C=O) groups is 1. The van der Waals surface area contributed by atoms with Gasteiger partial charge in [0, 0.05) is 5.69 Å². The Balaban J connectivity index is 2.29. The molecular formula is C18H20BrNO. The predicted octanol–water partition coefficient (Wildman–Crippen LogP) is 4.64. The quantitative estimate of drug-likeness (QED) is 0.723. The van der Waals surface area contributed by atoms with Crippen molar-refractivity contribution in [1.29, 1.82) is 0 Å². The Morgan fingerprint density at radius 3 is 2.05 bits per heavy atom. The van der Waals surface area contributed by atoms with Crippen LogP contribution < -0.4 is 4.90 Å². The highest BCUT2D eigenvalue weighted by atomic mass is 79.9. The van der Waals surface area contributed by atoms with Crippen molar-refractivity contribution in [2.24, 2.45) is 5.92 Å². The lowest BCUT2D eigenvalue weighted by molar-refractivity contribution is -0.118. The van der Waals surface area contributed by atoms with Gasteiger partial charge in [-0.1, -0.05) is 78.3 Å². The summed E-state index contributed by atoms with van der Waals surface area (Å²) in [5, 5.41) is 0. The molecule has 0 unspecified atom stereocenters. The molecule has 0 fully saturated rings. The highest BCUT2D eigenvalue weighted by Crippen LogP contribution is 2.23. The van der Waals surface area contributed by atoms with Gasteiger partial charge in [-0.3, -0.25) is 4.79 Å². The number of carbonyl (C=O) groups excluding carboxylic acids is 1. The van der Waals surface area contributed by atoms with Crippen LogP contribution in [0.2, 0.25) is 0 Å². The van der Waals surface area contributed by atoms with Crippen LogP contribution in [0.15, 0.2) is 60.7 Å². The van der Waals surface area contributed by atoms with Crippen molar-refractivity contribution in [2.45, 2.75) is 25.2 Å². The van der Waals surface area contributed by atoms with Crippen LogP contribution in [0, 0.1) is 5.92 Å². The summed E-state index contributed by atoms with van der Waals surface area (Å²) in [6.07, 6.45) is 0. The highest BCUT2D eigenvalue weighted by Gasteiger charge is 2.25. The van der Waals surface area contributed by atoms with Gasteiger partial charge in [-0.15, -0.1) is 0 Å². The molecule has 0 aliphatic heterocycles. The molecule has 1 atom stereocenters. The number of hydrogen-bond donors (Lipinski definition) is 0. The third-order valence-corrected chi connectivity index (χ3v) is 4.79. The molecule has 0 radical (unpaired) electrons. The van der Waals surface area contributed by atoms with E-state index in [-0.39, 0.29) is 16.7 Å². The minimum absolute atomic E-state index is 0.0973. The number of para-hydroxylation sites is 1. The number of halogens is 1. The Bertz CT molecular complexity index is 568. The molecule has 0 aliphatic carbocycles. The van der Waals surface area contributed by atoms with E-state index in [0.29, 0.717) is 6.54 Å². The average Bonchev–Trinajstić information content (AvgIpc) is 2.53. The fourth-order valence-electron chi connectivity index (χ4n) is 2.10. The van der Waals surface area contributed by atoms with Crippen LogP contribution in [-0.2, 0) is 11.3 Å². The number of rotatable bonds is 5. The molecule has 2 rings (SSSR count). The zero-order valence-corrected chi connectivity index (χ0v) is 14.0. The van der Waals surface area contributed by atoms with Crippen LogP contribution in [0.3, 0.4) is 0 Å². The summed E-state index contributed by atoms with van der Waals surface area (Å²) in [6.45, 7) is 4.67. The average molecular weight is 346 g/mol. The van der Waals surface area contributed by atoms with Crippen LogP contribution in [0.4, 0.5) is 5.69 Å². The molecule has 110 valence electrons. The molecule has 1 amide bonds. The lowest BCUT2D eigenvalue weighted by Gasteiger charge is -2.27. The van der Waals surface area contributed by atoms with E-state index in [1.54, 1.807) is 0 Å². The summed E-state index contributed by atoms with van der Waals surface area (Å²) >= 11 is 3.53. The van der Waals surface area contributed by atoms with Gasteiger partial charge in [0.2, 0.25) is 5.91 Å². The standard InChI is InChI=1S/C18H20BrNO/c1-14(2)17(19)18(21)20(16-11-7-4-8-12-16)13-15-9-5-3-6-10-15/h3-12,14,17H,13H2,1-2H3/t17-/m1/s1. The van der Waals surface area contributed by atoms with Crippen molar-refractivity contribution >= 4 is 27.5 Å². The molecule has 3 heteroatoms. The zero-order valence-electron chi connectivity index (χ0n) is 12.4. The highest BCUT2D eigenvalue weighted by molar-refractivity contribution is 9.10. The molecule has 0 bridgehead atoms. The topological polar surface area (TPSA) is 20.3 Å². The van der Waals surface area contributed by atoms with E-state index in [9.17, 15) is 4.79 Å². The van der Waals surface area contributed by atoms with Crippen LogP contribution in [0.5, 0.6) is 0 Å². The second kappa shape index (κ2) is 7.41. The number of amides is 1. The third kappa shape index (κ3) is 4.18. The molecule has 0 aromatic heterocycles. The molecular weight excluding hydrogens is 326 g/mol. The van der Waals surface area contributed by atoms with Crippen molar-refractivity contribution in [3.63, 3.8) is 0 Å². The van der Waals surface area contributed by atoms with E-state index in [0.717, 1.165) is 11.3 Å². The van der Waals surface area contributed by atoms with E-state index in [1.165, 1.54) is 0 Å². The number of benzene rings is 2. The van der Waals surface area contributed by atoms with Crippen molar-refractivity contribution < 1.29 is 4.79 Å². The molecule has 0 saturated carbocycles. The van der Waals surface area contributed by atoms with E-state index >= 15 is 0 Å². The maximum absolute atomic E-state index is 12.8. The molecule has 0 heterocycles. The fourth-order valence-corrected chi connectivity index (χ4v) is 2.35. The van der Waals surface area contributed by atoms with Gasteiger partial charge >= 0.3 is 0 Å². The molecule has 2 aromatic rings. The third-order valence-electron chi connectivity index (χ3n) is 3.34. The number of nitrogens with zero attached hydrogens (tertiary/aromatic N) is 1. The Hall–Kier alpha value is -1.61. The Morgan fingerprint density at radius 1 is 1.00 bits per heavy atom. The first-order chi connectivity index (χ1) is 10.1. The van der Waals surface area contributed by atoms with Gasteiger partial charge in [0.1, 0.15) is 0 Å². The van der Waals surface area contributed by atoms with Crippen molar-refractivity contribution in [2.75, 3.05) is 4.90 Å². The number of anilines is 1. The van der Waals surface area contributed by atoms with Gasteiger partial charge < -0.3 is 4.90 Å². The normalized spacial score (nSPS) is 12.2. The van der Waals surface area contributed by atoms with Gasteiger partial charge in [0.25, 0.3) is 0 Å². The predicted molar refractivity (Wildman–Crippen MR) is 91.6 cm³/mol. The number of alkyl halides is 1. The van der Waals surface area contributed by atoms with E-state index in [2.05, 4.69) is 15.9 Å². The smallest absolute Gasteiger partial charge is 0.241 e. The van der Waals surface area contributed by atoms with Crippen molar-refractivity contribution in [3.8, 4) is 0 Å². The molecule has 0 spiro atoms. The van der Waals surface area contributed by atoms with Crippen LogP contribution in [0.25, 0.3) is 0 Å². The van der Waals surface area contributed by atoms with E-state index < -0.39 is 0 Å². The Morgan fingerprint density at radius 2 is 1.52 bits per heavy atom. The molecule has 21 heavy (non-hydrogen) atoms. The largest absolute Gasteiger partial charge is 0.307 e. The van der Waals surface area contributed by atoms with Gasteiger partial charge in [0.15, 0.2) is 0 Å². The number of hydrogen-bond acceptors (Lipinski definition) is 1. The first-order valence-corrected chi connectivity index (χ1v) is 8.05. The minimum Gasteiger partial charge on any atom is -0.307 e. The fraction of sp³-hybridized carbons (Fsp3) is 0.278. The van der Waals surface area contributed by atoms with Gasteiger partial charge in [-0.25, -0.2) is 0 Å². The molecule has 0 saturated heterocycles. The van der Waals surface area contributed by atoms with Crippen LogP contribution in [0.1, 0.15) is 19.4 Å². The maximum Gasteiger partial charge on any atom is 0.241 e. The summed E-state index contributed by atoms with van der Waals surface area (Å²) in [6, 6.07) is 19.9. The summed E-state index contributed by atoms with van der Waals surface area (Å²) in [7, 11) is 0. The minimum atomic E-state index is -0.179. The summed E-state index contributed by atoms with van der Waals surface area (Å²) in [5.74, 6) is 0.347. The molecule has 2 nitrogen and oxygen atoms in total. The van der Waals surface area contributed by atoms with E-state index in [1.807, 2.05) is 79.4 Å². The summed E-state index contributed by atoms with van der Waals surface area (Å²) in [5.41, 5.74) is 2.05. The molecule has 2 aromatic carbocycles. The Labute approximate surface area is 134 Å². The summed E-state index contributed by atoms with van der Waals surface area (Å²) in [4.78, 5) is 14.4. The SMILES string of the molecule is CC(C)[C@@H](Br)C(=O)N(Cc1ccccc1)c1ccccc1. The summed E-state index contributed by atoms with van der Waals surface area (Å²) < 4.78 is 0. The molecule has 0 N–H and O–H groups in total. The van der Waals surface area contributed by atoms with E-state index in [4.69, 9.17) is 0 Å². The first kappa shape index (κ1) is 15.8. The monoisotopic (exact) mass is 345 g/mol.